The Morgan fingerprint density at radius 1 is 0.610 bits per heavy atom. The van der Waals surface area contributed by atoms with Gasteiger partial charge in [-0.25, -0.2) is 0 Å². The fourth-order valence-electron chi connectivity index (χ4n) is 4.39. The minimum absolute atomic E-state index is 0. The van der Waals surface area contributed by atoms with Gasteiger partial charge in [0.25, 0.3) is 0 Å². The molecule has 0 aliphatic rings. The number of aromatic nitrogens is 1. The van der Waals surface area contributed by atoms with E-state index in [2.05, 4.69) is 17.1 Å². The summed E-state index contributed by atoms with van der Waals surface area (Å²) in [5, 5.41) is 2.09. The summed E-state index contributed by atoms with van der Waals surface area (Å²) in [5.41, 5.74) is -0.791. The monoisotopic (exact) mass is 759 g/mol. The molecule has 0 aliphatic carbocycles. The Balaban J connectivity index is 0.00000387. The smallest absolute Gasteiger partial charge is 0.345 e. The molecule has 0 radical (unpaired) electrons. The van der Waals surface area contributed by atoms with Gasteiger partial charge in [-0.3, -0.25) is 0 Å². The van der Waals surface area contributed by atoms with Gasteiger partial charge >= 0.3 is 33.4 Å². The molecule has 0 aliphatic heterocycles. The fourth-order valence-corrected chi connectivity index (χ4v) is 6.89. The van der Waals surface area contributed by atoms with Crippen molar-refractivity contribution < 1.29 is 47.4 Å². The van der Waals surface area contributed by atoms with E-state index in [9.17, 15) is 26.3 Å². The van der Waals surface area contributed by atoms with Crippen molar-refractivity contribution in [2.75, 3.05) is 0 Å². The predicted molar refractivity (Wildman–Crippen MR) is 147 cm³/mol. The van der Waals surface area contributed by atoms with Crippen LogP contribution in [0, 0.1) is 12.1 Å². The molecule has 0 bridgehead atoms. The Kier molecular flexibility index (Phi) is 9.51. The molecule has 0 saturated carbocycles. The first kappa shape index (κ1) is 30.7. The van der Waals surface area contributed by atoms with Gasteiger partial charge in [0.1, 0.15) is 0 Å². The fraction of sp³-hybridized carbons (Fsp3) is 0.0938. The molecule has 1 nitrogen and oxygen atoms in total. The van der Waals surface area contributed by atoms with Crippen molar-refractivity contribution in [2.45, 2.75) is 18.5 Å². The molecule has 5 aromatic rings. The standard InChI is InChI=1S/C32H20F6NP.Pt/c33-31(34,35)25-10-7-9-23(19-25)29-15-8-16-30(39-29)24-17-22(18-26(20-24)32(36,37)38)21-40(27-11-3-1-4-12-27)28-13-5-2-6-14-28;/h1-8,10-16,18-20H,21H2;/q-2;+2/p+1. The Morgan fingerprint density at radius 3 is 1.71 bits per heavy atom. The first-order valence-electron chi connectivity index (χ1n) is 12.2. The van der Waals surface area contributed by atoms with Crippen LogP contribution >= 0.6 is 7.92 Å². The summed E-state index contributed by atoms with van der Waals surface area (Å²) in [5.74, 6) is 0. The molecule has 9 heteroatoms. The number of benzene rings is 4. The van der Waals surface area contributed by atoms with Crippen molar-refractivity contribution in [3.8, 4) is 22.5 Å². The Morgan fingerprint density at radius 2 is 1.15 bits per heavy atom. The molecule has 0 saturated heterocycles. The second-order valence-corrected chi connectivity index (χ2v) is 11.6. The maximum absolute atomic E-state index is 14.0. The zero-order valence-corrected chi connectivity index (χ0v) is 24.4. The minimum atomic E-state index is -4.61. The number of hydrogen-bond acceptors (Lipinski definition) is 1. The molecule has 5 rings (SSSR count). The van der Waals surface area contributed by atoms with Gasteiger partial charge in [0, 0.05) is 0 Å². The average Bonchev–Trinajstić information content (AvgIpc) is 2.96. The van der Waals surface area contributed by atoms with Crippen LogP contribution in [0.1, 0.15) is 16.7 Å². The summed E-state index contributed by atoms with van der Waals surface area (Å²) in [7, 11) is -1.51. The molecule has 0 N–H and O–H groups in total. The van der Waals surface area contributed by atoms with Crippen LogP contribution in [0.3, 0.4) is 0 Å². The quantitative estimate of drug-likeness (QED) is 0.0964. The number of nitrogens with zero attached hydrogens (tertiary/aromatic N) is 1. The topological polar surface area (TPSA) is 12.9 Å². The molecule has 41 heavy (non-hydrogen) atoms. The van der Waals surface area contributed by atoms with Crippen molar-refractivity contribution in [1.82, 2.24) is 4.98 Å². The summed E-state index contributed by atoms with van der Waals surface area (Å²) in [6.07, 6.45) is -8.82. The summed E-state index contributed by atoms with van der Waals surface area (Å²) < 4.78 is 81.7. The van der Waals surface area contributed by atoms with E-state index in [4.69, 9.17) is 0 Å². The van der Waals surface area contributed by atoms with Crippen LogP contribution in [0.4, 0.5) is 26.3 Å². The van der Waals surface area contributed by atoms with Crippen molar-refractivity contribution >= 4 is 18.5 Å². The van der Waals surface area contributed by atoms with Gasteiger partial charge in [0.2, 0.25) is 0 Å². The number of pyridine rings is 1. The molecule has 0 unspecified atom stereocenters. The maximum Gasteiger partial charge on any atom is 2.00 e. The molecule has 0 atom stereocenters. The molecule has 0 amide bonds. The zero-order valence-electron chi connectivity index (χ0n) is 21.1. The third-order valence-electron chi connectivity index (χ3n) is 6.29. The maximum atomic E-state index is 14.0. The van der Waals surface area contributed by atoms with Crippen LogP contribution in [0.25, 0.3) is 22.5 Å². The van der Waals surface area contributed by atoms with Crippen molar-refractivity contribution in [3.05, 3.63) is 138 Å². The van der Waals surface area contributed by atoms with E-state index in [0.29, 0.717) is 11.7 Å². The molecule has 1 heterocycles. The van der Waals surface area contributed by atoms with Gasteiger partial charge in [0.05, 0.1) is 24.7 Å². The Bertz CT molecular complexity index is 1570. The molecule has 4 aromatic carbocycles. The Hall–Kier alpha value is -3.27. The van der Waals surface area contributed by atoms with Crippen molar-refractivity contribution in [3.63, 3.8) is 0 Å². The van der Waals surface area contributed by atoms with Gasteiger partial charge < -0.3 is 4.98 Å². The van der Waals surface area contributed by atoms with Gasteiger partial charge in [-0.2, -0.15) is 26.3 Å². The van der Waals surface area contributed by atoms with E-state index in [1.807, 2.05) is 60.7 Å². The van der Waals surface area contributed by atoms with E-state index in [-0.39, 0.29) is 43.6 Å². The molecular weight excluding hydrogens is 738 g/mol. The van der Waals surface area contributed by atoms with E-state index in [0.717, 1.165) is 40.9 Å². The van der Waals surface area contributed by atoms with Gasteiger partial charge in [0.15, 0.2) is 0 Å². The van der Waals surface area contributed by atoms with Crippen molar-refractivity contribution in [1.29, 1.82) is 0 Å². The number of alkyl halides is 6. The molecule has 1 aromatic heterocycles. The number of rotatable bonds is 6. The van der Waals surface area contributed by atoms with E-state index in [1.54, 1.807) is 6.07 Å². The summed E-state index contributed by atoms with van der Waals surface area (Å²) >= 11 is 0. The largest absolute Gasteiger partial charge is 2.00 e. The zero-order chi connectivity index (χ0) is 28.3. The van der Waals surface area contributed by atoms with Gasteiger partial charge in [-0.15, -0.1) is 53.6 Å². The van der Waals surface area contributed by atoms with Gasteiger partial charge in [-0.1, -0.05) is 60.2 Å². The predicted octanol–water partition coefficient (Wildman–Crippen LogP) is 8.42. The molecule has 0 spiro atoms. The van der Waals surface area contributed by atoms with E-state index >= 15 is 0 Å². The van der Waals surface area contributed by atoms with Crippen LogP contribution in [0.2, 0.25) is 0 Å². The van der Waals surface area contributed by atoms with Crippen LogP contribution < -0.4 is 10.6 Å². The van der Waals surface area contributed by atoms with Crippen LogP contribution in [-0.2, 0) is 39.6 Å². The molecule has 210 valence electrons. The van der Waals surface area contributed by atoms with E-state index in [1.165, 1.54) is 12.1 Å². The van der Waals surface area contributed by atoms with Gasteiger partial charge in [-0.05, 0) is 46.8 Å². The summed E-state index contributed by atoms with van der Waals surface area (Å²) in [4.78, 5) is 4.41. The first-order valence-corrected chi connectivity index (χ1v) is 14.0. The summed E-state index contributed by atoms with van der Waals surface area (Å²) in [6.45, 7) is 0. The van der Waals surface area contributed by atoms with Crippen molar-refractivity contribution in [2.24, 2.45) is 0 Å². The van der Waals surface area contributed by atoms with Crippen LogP contribution in [-0.4, -0.2) is 4.98 Å². The summed E-state index contributed by atoms with van der Waals surface area (Å²) in [6, 6.07) is 34.8. The molecular formula is C32H21F6NPPt+. The average molecular weight is 760 g/mol. The third kappa shape index (κ3) is 7.52. The van der Waals surface area contributed by atoms with E-state index < -0.39 is 31.4 Å². The number of hydrogen-bond donors (Lipinski definition) is 0. The first-order chi connectivity index (χ1) is 19.1. The SMILES string of the molecule is FC(F)(F)c1cc[c-]c(-c2cccc(-c3[c-]c(C[PH+](c4ccccc4)c4ccccc4)cc(C(F)(F)F)c3)n2)c1.[Pt+2]. The third-order valence-corrected chi connectivity index (χ3v) is 9.09. The second-order valence-electron chi connectivity index (χ2n) is 9.09. The minimum Gasteiger partial charge on any atom is -0.345 e. The number of halogens is 6. The van der Waals surface area contributed by atoms with Crippen LogP contribution in [0.5, 0.6) is 0 Å². The second kappa shape index (κ2) is 12.7. The normalized spacial score (nSPS) is 11.8. The molecule has 0 fully saturated rings. The Labute approximate surface area is 249 Å². The van der Waals surface area contributed by atoms with Crippen LogP contribution in [0.15, 0.2) is 109 Å².